The van der Waals surface area contributed by atoms with Gasteiger partial charge in [-0.1, -0.05) is 41.9 Å². The minimum Gasteiger partial charge on any atom is -0.497 e. The number of benzene rings is 3. The summed E-state index contributed by atoms with van der Waals surface area (Å²) in [6.45, 7) is 2.98. The zero-order chi connectivity index (χ0) is 26.9. The van der Waals surface area contributed by atoms with Crippen LogP contribution in [0.25, 0.3) is 16.9 Å². The molecule has 4 aromatic rings. The molecule has 1 aliphatic rings. The second-order valence-corrected chi connectivity index (χ2v) is 11.4. The summed E-state index contributed by atoms with van der Waals surface area (Å²) in [6, 6.07) is 25.4. The van der Waals surface area contributed by atoms with Gasteiger partial charge in [0.15, 0.2) is 0 Å². The van der Waals surface area contributed by atoms with E-state index in [9.17, 15) is 13.2 Å². The molecule has 1 amide bonds. The van der Waals surface area contributed by atoms with Gasteiger partial charge < -0.3 is 14.2 Å². The number of halogens is 1. The van der Waals surface area contributed by atoms with Crippen molar-refractivity contribution >= 4 is 27.5 Å². The summed E-state index contributed by atoms with van der Waals surface area (Å²) in [6.07, 6.45) is 0. The van der Waals surface area contributed by atoms with Crippen LogP contribution in [0.1, 0.15) is 16.1 Å². The lowest BCUT2D eigenvalue weighted by atomic mass is 10.1. The molecule has 2 heterocycles. The molecule has 0 atom stereocenters. The molecule has 1 saturated heterocycles. The number of para-hydroxylation sites is 1. The van der Waals surface area contributed by atoms with E-state index < -0.39 is 10.0 Å². The van der Waals surface area contributed by atoms with Crippen molar-refractivity contribution in [2.75, 3.05) is 33.3 Å². The maximum atomic E-state index is 13.8. The van der Waals surface area contributed by atoms with Crippen LogP contribution < -0.4 is 4.74 Å². The van der Waals surface area contributed by atoms with Crippen LogP contribution in [-0.4, -0.2) is 61.4 Å². The van der Waals surface area contributed by atoms with Gasteiger partial charge in [-0.25, -0.2) is 8.42 Å². The molecule has 0 spiro atoms. The number of hydrogen-bond acceptors (Lipinski definition) is 4. The molecule has 0 radical (unpaired) electrons. The van der Waals surface area contributed by atoms with Gasteiger partial charge in [0.05, 0.1) is 34.0 Å². The van der Waals surface area contributed by atoms with E-state index in [0.717, 1.165) is 28.4 Å². The third-order valence-corrected chi connectivity index (χ3v) is 9.10. The molecule has 1 aromatic heterocycles. The van der Waals surface area contributed by atoms with Crippen molar-refractivity contribution in [2.24, 2.45) is 0 Å². The molecule has 0 N–H and O–H groups in total. The lowest BCUT2D eigenvalue weighted by Gasteiger charge is -2.34. The average molecular weight is 550 g/mol. The fraction of sp³-hybridized carbons (Fsp3) is 0.207. The Bertz CT molecular complexity index is 1560. The van der Waals surface area contributed by atoms with Crippen molar-refractivity contribution in [2.45, 2.75) is 11.8 Å². The Labute approximate surface area is 227 Å². The third-order valence-electron chi connectivity index (χ3n) is 6.86. The van der Waals surface area contributed by atoms with Gasteiger partial charge in [0.1, 0.15) is 5.75 Å². The summed E-state index contributed by atoms with van der Waals surface area (Å²) in [4.78, 5) is 15.7. The Kier molecular flexibility index (Phi) is 7.29. The number of rotatable bonds is 6. The summed E-state index contributed by atoms with van der Waals surface area (Å²) in [5.74, 6) is 0.598. The zero-order valence-electron chi connectivity index (χ0n) is 21.2. The minimum absolute atomic E-state index is 0.139. The van der Waals surface area contributed by atoms with Crippen molar-refractivity contribution in [3.05, 3.63) is 101 Å². The first-order chi connectivity index (χ1) is 18.3. The van der Waals surface area contributed by atoms with Crippen LogP contribution in [0.5, 0.6) is 5.75 Å². The quantitative estimate of drug-likeness (QED) is 0.329. The van der Waals surface area contributed by atoms with Crippen LogP contribution in [0.4, 0.5) is 0 Å². The molecule has 0 unspecified atom stereocenters. The number of sulfonamides is 1. The van der Waals surface area contributed by atoms with Crippen molar-refractivity contribution in [3.63, 3.8) is 0 Å². The van der Waals surface area contributed by atoms with Gasteiger partial charge in [0, 0.05) is 31.9 Å². The highest BCUT2D eigenvalue weighted by Crippen LogP contribution is 2.34. The second-order valence-electron chi connectivity index (χ2n) is 9.05. The molecular weight excluding hydrogens is 522 g/mol. The fourth-order valence-electron chi connectivity index (χ4n) is 4.78. The average Bonchev–Trinajstić information content (AvgIpc) is 3.30. The summed E-state index contributed by atoms with van der Waals surface area (Å²) < 4.78 is 34.8. The number of methoxy groups -OCH3 is 1. The molecule has 1 aliphatic heterocycles. The summed E-state index contributed by atoms with van der Waals surface area (Å²) in [5, 5.41) is 0.569. The molecule has 0 bridgehead atoms. The second kappa shape index (κ2) is 10.6. The van der Waals surface area contributed by atoms with Gasteiger partial charge in [-0.2, -0.15) is 4.31 Å². The van der Waals surface area contributed by atoms with Gasteiger partial charge >= 0.3 is 0 Å². The normalized spacial score (nSPS) is 14.4. The standard InChI is InChI=1S/C29H28ClN3O4S/c1-21-25(29(34)31-16-18-32(19-17-31)38(35,36)24-8-4-3-5-9-24)20-28(22-12-14-23(37-2)15-13-22)33(21)27-11-7-6-10-26(27)30/h3-15,20H,16-19H2,1-2H3. The van der Waals surface area contributed by atoms with E-state index >= 15 is 0 Å². The molecule has 7 nitrogen and oxygen atoms in total. The van der Waals surface area contributed by atoms with E-state index in [1.807, 2.05) is 66.1 Å². The molecule has 0 aliphatic carbocycles. The van der Waals surface area contributed by atoms with Crippen molar-refractivity contribution in [3.8, 4) is 22.7 Å². The number of piperazine rings is 1. The molecule has 9 heteroatoms. The van der Waals surface area contributed by atoms with E-state index in [4.69, 9.17) is 16.3 Å². The number of nitrogens with zero attached hydrogens (tertiary/aromatic N) is 3. The smallest absolute Gasteiger partial charge is 0.255 e. The van der Waals surface area contributed by atoms with E-state index in [-0.39, 0.29) is 23.9 Å². The monoisotopic (exact) mass is 549 g/mol. The zero-order valence-corrected chi connectivity index (χ0v) is 22.7. The lowest BCUT2D eigenvalue weighted by molar-refractivity contribution is 0.0697. The van der Waals surface area contributed by atoms with Crippen LogP contribution >= 0.6 is 11.6 Å². The van der Waals surface area contributed by atoms with Crippen molar-refractivity contribution in [1.82, 2.24) is 13.8 Å². The maximum Gasteiger partial charge on any atom is 0.255 e. The van der Waals surface area contributed by atoms with Crippen molar-refractivity contribution < 1.29 is 17.9 Å². The van der Waals surface area contributed by atoms with Gasteiger partial charge in [0.2, 0.25) is 10.0 Å². The summed E-state index contributed by atoms with van der Waals surface area (Å²) in [5.41, 5.74) is 3.82. The van der Waals surface area contributed by atoms with Crippen LogP contribution in [-0.2, 0) is 10.0 Å². The molecule has 0 saturated carbocycles. The summed E-state index contributed by atoms with van der Waals surface area (Å²) >= 11 is 6.59. The number of carbonyl (C=O) groups excluding carboxylic acids is 1. The highest BCUT2D eigenvalue weighted by Gasteiger charge is 2.32. The third kappa shape index (κ3) is 4.82. The SMILES string of the molecule is COc1ccc(-c2cc(C(=O)N3CCN(S(=O)(=O)c4ccccc4)CC3)c(C)n2-c2ccccc2Cl)cc1. The van der Waals surface area contributed by atoms with Gasteiger partial charge in [-0.15, -0.1) is 0 Å². The molecule has 3 aromatic carbocycles. The number of carbonyl (C=O) groups is 1. The number of amides is 1. The first-order valence-corrected chi connectivity index (χ1v) is 14.1. The number of ether oxygens (including phenoxy) is 1. The van der Waals surface area contributed by atoms with E-state index in [1.165, 1.54) is 4.31 Å². The number of aromatic nitrogens is 1. The molecule has 38 heavy (non-hydrogen) atoms. The van der Waals surface area contributed by atoms with E-state index in [1.54, 1.807) is 42.3 Å². The van der Waals surface area contributed by atoms with Crippen LogP contribution in [0.2, 0.25) is 5.02 Å². The van der Waals surface area contributed by atoms with Crippen LogP contribution in [0.15, 0.2) is 89.8 Å². The van der Waals surface area contributed by atoms with Gasteiger partial charge in [0.25, 0.3) is 5.91 Å². The number of hydrogen-bond donors (Lipinski definition) is 0. The fourth-order valence-corrected chi connectivity index (χ4v) is 6.45. The Morgan fingerprint density at radius 3 is 2.13 bits per heavy atom. The van der Waals surface area contributed by atoms with Gasteiger partial charge in [-0.05, 0) is 67.1 Å². The van der Waals surface area contributed by atoms with Crippen LogP contribution in [0, 0.1) is 6.92 Å². The van der Waals surface area contributed by atoms with E-state index in [2.05, 4.69) is 0 Å². The Morgan fingerprint density at radius 1 is 0.868 bits per heavy atom. The first-order valence-electron chi connectivity index (χ1n) is 12.3. The van der Waals surface area contributed by atoms with E-state index in [0.29, 0.717) is 23.7 Å². The largest absolute Gasteiger partial charge is 0.497 e. The Hall–Kier alpha value is -3.59. The predicted molar refractivity (Wildman–Crippen MR) is 149 cm³/mol. The minimum atomic E-state index is -3.60. The van der Waals surface area contributed by atoms with Gasteiger partial charge in [-0.3, -0.25) is 4.79 Å². The molecular formula is C29H28ClN3O4S. The lowest BCUT2D eigenvalue weighted by Crippen LogP contribution is -2.50. The van der Waals surface area contributed by atoms with Crippen molar-refractivity contribution in [1.29, 1.82) is 0 Å². The Morgan fingerprint density at radius 2 is 1.50 bits per heavy atom. The molecule has 5 rings (SSSR count). The molecule has 1 fully saturated rings. The topological polar surface area (TPSA) is 71.8 Å². The first kappa shape index (κ1) is 26.0. The highest BCUT2D eigenvalue weighted by molar-refractivity contribution is 7.89. The molecule has 196 valence electrons. The maximum absolute atomic E-state index is 13.8. The Balaban J connectivity index is 1.46. The summed E-state index contributed by atoms with van der Waals surface area (Å²) in [7, 11) is -1.98. The highest BCUT2D eigenvalue weighted by atomic mass is 35.5. The predicted octanol–water partition coefficient (Wildman–Crippen LogP) is 5.26. The van der Waals surface area contributed by atoms with Crippen LogP contribution in [0.3, 0.4) is 0 Å².